The van der Waals surface area contributed by atoms with E-state index in [4.69, 9.17) is 5.73 Å². The van der Waals surface area contributed by atoms with E-state index in [1.807, 2.05) is 12.1 Å². The Labute approximate surface area is 82.6 Å². The summed E-state index contributed by atoms with van der Waals surface area (Å²) in [5.74, 6) is -0.373. The van der Waals surface area contributed by atoms with Crippen LogP contribution in [0.2, 0.25) is 0 Å². The number of amides is 1. The van der Waals surface area contributed by atoms with Crippen molar-refractivity contribution in [2.75, 3.05) is 0 Å². The van der Waals surface area contributed by atoms with Gasteiger partial charge in [-0.05, 0) is 0 Å². The molecule has 0 aliphatic heterocycles. The van der Waals surface area contributed by atoms with Gasteiger partial charge in [0.25, 0.3) is 0 Å². The van der Waals surface area contributed by atoms with Crippen molar-refractivity contribution in [1.29, 1.82) is 0 Å². The summed E-state index contributed by atoms with van der Waals surface area (Å²) < 4.78 is 0. The van der Waals surface area contributed by atoms with Gasteiger partial charge in [-0.2, -0.15) is 0 Å². The summed E-state index contributed by atoms with van der Waals surface area (Å²) in [5.41, 5.74) is 5.63. The van der Waals surface area contributed by atoms with Crippen LogP contribution in [0, 0.1) is 23.3 Å². The molecule has 1 aromatic carbocycles. The van der Waals surface area contributed by atoms with Crippen molar-refractivity contribution in [3.8, 4) is 0 Å². The molecule has 11 heavy (non-hydrogen) atoms. The van der Waals surface area contributed by atoms with E-state index in [2.05, 4.69) is 0 Å². The van der Waals surface area contributed by atoms with Crippen LogP contribution < -0.4 is 5.73 Å². The van der Waals surface area contributed by atoms with Crippen LogP contribution in [0.5, 0.6) is 0 Å². The molecule has 0 unspecified atom stereocenters. The average molecular weight is 362 g/mol. The summed E-state index contributed by atoms with van der Waals surface area (Å²) in [5, 5.41) is 0. The van der Waals surface area contributed by atoms with E-state index in [1.54, 1.807) is 43.9 Å². The molecule has 0 fully saturated rings. The predicted molar refractivity (Wildman–Crippen MR) is 40.8 cm³/mol. The number of hydrogen-bond donors (Lipinski definition) is 1. The van der Waals surface area contributed by atoms with Gasteiger partial charge in [-0.3, -0.25) is 0 Å². The molecule has 0 aromatic heterocycles. The number of nitrogens with two attached hydrogens (primary N) is 1. The minimum absolute atomic E-state index is 0.373. The molecule has 0 saturated carbocycles. The van der Waals surface area contributed by atoms with Gasteiger partial charge in [0.05, 0.1) is 0 Å². The average Bonchev–Trinajstić information content (AvgIpc) is 2.05. The molecular formula is C7H6AtNOS. The number of carbonyl (C=O) groups is 1. The molecule has 58 valence electrons. The molecule has 0 radical (unpaired) electrons. The summed E-state index contributed by atoms with van der Waals surface area (Å²) in [7, 11) is 1.69. The first-order chi connectivity index (χ1) is 5.24. The van der Waals surface area contributed by atoms with Gasteiger partial charge < -0.3 is 0 Å². The fourth-order valence-electron chi connectivity index (χ4n) is 0.671. The molecule has 1 amide bonds. The first-order valence-corrected chi connectivity index (χ1v) is 7.24. The van der Waals surface area contributed by atoms with Gasteiger partial charge in [-0.15, -0.1) is 0 Å². The van der Waals surface area contributed by atoms with Gasteiger partial charge >= 0.3 is 82.9 Å². The van der Waals surface area contributed by atoms with Gasteiger partial charge in [0.2, 0.25) is 0 Å². The second-order valence-electron chi connectivity index (χ2n) is 1.97. The van der Waals surface area contributed by atoms with Crippen LogP contribution in [-0.4, -0.2) is 5.91 Å². The summed E-state index contributed by atoms with van der Waals surface area (Å²) in [6.07, 6.45) is 0. The zero-order valence-corrected chi connectivity index (χ0v) is 9.34. The Kier molecular flexibility index (Phi) is 3.34. The topological polar surface area (TPSA) is 43.1 Å². The van der Waals surface area contributed by atoms with Gasteiger partial charge in [0.1, 0.15) is 0 Å². The van der Waals surface area contributed by atoms with Gasteiger partial charge in [-0.1, -0.05) is 0 Å². The molecule has 0 heterocycles. The van der Waals surface area contributed by atoms with Crippen molar-refractivity contribution in [2.45, 2.75) is 4.90 Å². The summed E-state index contributed by atoms with van der Waals surface area (Å²) >= 11 is 1.62. The van der Waals surface area contributed by atoms with Crippen LogP contribution in [-0.2, 0) is 0 Å². The van der Waals surface area contributed by atoms with Gasteiger partial charge in [0.15, 0.2) is 0 Å². The fraction of sp³-hybridized carbons (Fsp3) is 0. The van der Waals surface area contributed by atoms with Crippen LogP contribution >= 0.6 is 8.52 Å². The first-order valence-electron chi connectivity index (χ1n) is 2.92. The monoisotopic (exact) mass is 362 g/mol. The molecule has 1 aromatic rings. The van der Waals surface area contributed by atoms with Crippen LogP contribution in [0.1, 0.15) is 10.4 Å². The number of carbonyl (C=O) groups excluding carboxylic acids is 1. The number of hydrogen-bond acceptors (Lipinski definition) is 2. The summed E-state index contributed by atoms with van der Waals surface area (Å²) in [6.45, 7) is 0. The molecule has 0 aliphatic carbocycles. The Morgan fingerprint density at radius 1 is 1.36 bits per heavy atom. The van der Waals surface area contributed by atoms with Crippen molar-refractivity contribution >= 4 is 14.4 Å². The van der Waals surface area contributed by atoms with Crippen molar-refractivity contribution in [3.05, 3.63) is 29.8 Å². The number of primary amides is 1. The van der Waals surface area contributed by atoms with E-state index in [9.17, 15) is 4.79 Å². The Balaban J connectivity index is 2.91. The van der Waals surface area contributed by atoms with Crippen LogP contribution in [0.15, 0.2) is 29.2 Å². The number of rotatable bonds is 2. The Morgan fingerprint density at radius 3 is 2.27 bits per heavy atom. The zero-order valence-electron chi connectivity index (χ0n) is 5.58. The molecule has 0 atom stereocenters. The first kappa shape index (κ1) is 9.01. The van der Waals surface area contributed by atoms with Gasteiger partial charge in [0, 0.05) is 0 Å². The molecule has 1 rings (SSSR count). The van der Waals surface area contributed by atoms with E-state index in [-0.39, 0.29) is 5.91 Å². The van der Waals surface area contributed by atoms with Crippen LogP contribution in [0.3, 0.4) is 0 Å². The maximum absolute atomic E-state index is 10.6. The molecule has 0 aliphatic rings. The molecule has 0 spiro atoms. The Morgan fingerprint density at radius 2 is 1.91 bits per heavy atom. The third kappa shape index (κ3) is 2.46. The molecule has 2 N–H and O–H groups in total. The van der Waals surface area contributed by atoms with E-state index in [0.717, 1.165) is 4.90 Å². The predicted octanol–water partition coefficient (Wildman–Crippen LogP) is 1.34. The third-order valence-corrected chi connectivity index (χ3v) is 3.76. The van der Waals surface area contributed by atoms with Crippen molar-refractivity contribution in [1.82, 2.24) is 0 Å². The van der Waals surface area contributed by atoms with Crippen molar-refractivity contribution in [2.24, 2.45) is 5.73 Å². The van der Waals surface area contributed by atoms with Gasteiger partial charge in [-0.25, -0.2) is 0 Å². The van der Waals surface area contributed by atoms with E-state index < -0.39 is 0 Å². The minimum atomic E-state index is -0.373. The summed E-state index contributed by atoms with van der Waals surface area (Å²) in [4.78, 5) is 11.8. The van der Waals surface area contributed by atoms with Crippen molar-refractivity contribution in [3.63, 3.8) is 0 Å². The van der Waals surface area contributed by atoms with Crippen LogP contribution in [0.25, 0.3) is 0 Å². The molecule has 0 bridgehead atoms. The third-order valence-electron chi connectivity index (χ3n) is 1.23. The van der Waals surface area contributed by atoms with E-state index >= 15 is 0 Å². The summed E-state index contributed by atoms with van der Waals surface area (Å²) in [6, 6.07) is 7.27. The van der Waals surface area contributed by atoms with Crippen molar-refractivity contribution < 1.29 is 28.0 Å². The molecule has 0 saturated heterocycles. The molecule has 2 nitrogen and oxygen atoms in total. The Bertz CT molecular complexity index is 260. The quantitative estimate of drug-likeness (QED) is 0.863. The SMILES string of the molecule is NC(=O)c1ccc(S[At])cc1. The fourth-order valence-corrected chi connectivity index (χ4v) is 2.11. The van der Waals surface area contributed by atoms with E-state index in [0.29, 0.717) is 5.56 Å². The maximum atomic E-state index is 10.6. The standard InChI is InChI=1S/C7H6AtNOS/c8-11-6-3-1-5(2-4-6)7(9)10/h1-4H,(H2,9,10). The number of benzene rings is 1. The second kappa shape index (κ2) is 4.08. The molecular weight excluding hydrogens is 356 g/mol. The van der Waals surface area contributed by atoms with E-state index in [1.165, 1.54) is 0 Å². The second-order valence-corrected chi connectivity index (χ2v) is 4.39. The normalized spacial score (nSPS) is 9.55. The van der Waals surface area contributed by atoms with Crippen LogP contribution in [0.4, 0.5) is 0 Å². The zero-order chi connectivity index (χ0) is 8.27. The Hall–Kier alpha value is -0.0769. The molecule has 4 heteroatoms.